The number of anilines is 1. The number of benzene rings is 1. The number of hydrogen-bond donors (Lipinski definition) is 1. The van der Waals surface area contributed by atoms with E-state index in [0.717, 1.165) is 24.5 Å². The predicted octanol–water partition coefficient (Wildman–Crippen LogP) is 4.35. The first-order valence-electron chi connectivity index (χ1n) is 7.92. The van der Waals surface area contributed by atoms with Crippen LogP contribution in [0.1, 0.15) is 36.7 Å². The number of amides is 1. The quantitative estimate of drug-likeness (QED) is 0.872. The zero-order chi connectivity index (χ0) is 16.1. The van der Waals surface area contributed by atoms with Gasteiger partial charge in [0.1, 0.15) is 5.01 Å². The van der Waals surface area contributed by atoms with Crippen LogP contribution in [0.2, 0.25) is 5.02 Å². The summed E-state index contributed by atoms with van der Waals surface area (Å²) in [6, 6.07) is 7.67. The van der Waals surface area contributed by atoms with Gasteiger partial charge in [0.2, 0.25) is 5.91 Å². The number of piperidine rings is 1. The molecule has 6 heteroatoms. The van der Waals surface area contributed by atoms with Gasteiger partial charge in [0.05, 0.1) is 16.8 Å². The molecule has 23 heavy (non-hydrogen) atoms. The minimum Gasteiger partial charge on any atom is -0.325 e. The lowest BCUT2D eigenvalue weighted by molar-refractivity contribution is -0.116. The van der Waals surface area contributed by atoms with Gasteiger partial charge in [-0.15, -0.1) is 11.3 Å². The topological polar surface area (TPSA) is 45.2 Å². The van der Waals surface area contributed by atoms with Crippen molar-refractivity contribution in [3.8, 4) is 0 Å². The summed E-state index contributed by atoms with van der Waals surface area (Å²) in [4.78, 5) is 19.0. The first kappa shape index (κ1) is 16.4. The fourth-order valence-corrected chi connectivity index (χ4v) is 3.95. The van der Waals surface area contributed by atoms with E-state index in [1.807, 2.05) is 29.8 Å². The van der Waals surface area contributed by atoms with Crippen molar-refractivity contribution in [2.75, 3.05) is 18.4 Å². The standard InChI is InChI=1S/C17H20ClN3OS/c18-13-5-1-2-6-14(13)20-16(22)8-11-21-10-4-3-7-15(21)17-19-9-12-23-17/h1-2,5-6,9,12,15H,3-4,7-8,10-11H2,(H,20,22)/t15-/m0/s1. The van der Waals surface area contributed by atoms with Gasteiger partial charge in [-0.3, -0.25) is 9.69 Å². The summed E-state index contributed by atoms with van der Waals surface area (Å²) in [5.41, 5.74) is 0.675. The highest BCUT2D eigenvalue weighted by atomic mass is 35.5. The Balaban J connectivity index is 1.56. The van der Waals surface area contributed by atoms with Crippen molar-refractivity contribution in [2.24, 2.45) is 0 Å². The molecule has 3 rings (SSSR count). The van der Waals surface area contributed by atoms with E-state index in [1.165, 1.54) is 12.8 Å². The number of aromatic nitrogens is 1. The van der Waals surface area contributed by atoms with E-state index in [9.17, 15) is 4.79 Å². The van der Waals surface area contributed by atoms with E-state index in [2.05, 4.69) is 15.2 Å². The molecule has 1 aromatic heterocycles. The summed E-state index contributed by atoms with van der Waals surface area (Å²) in [5.74, 6) is 0.00145. The van der Waals surface area contributed by atoms with Gasteiger partial charge in [-0.1, -0.05) is 30.2 Å². The van der Waals surface area contributed by atoms with Crippen LogP contribution in [-0.2, 0) is 4.79 Å². The van der Waals surface area contributed by atoms with Crippen LogP contribution in [0.15, 0.2) is 35.8 Å². The lowest BCUT2D eigenvalue weighted by Gasteiger charge is -2.34. The maximum atomic E-state index is 12.2. The highest BCUT2D eigenvalue weighted by molar-refractivity contribution is 7.09. The van der Waals surface area contributed by atoms with Crippen molar-refractivity contribution in [2.45, 2.75) is 31.7 Å². The van der Waals surface area contributed by atoms with E-state index < -0.39 is 0 Å². The molecule has 2 aromatic rings. The Labute approximate surface area is 145 Å². The van der Waals surface area contributed by atoms with E-state index in [0.29, 0.717) is 23.2 Å². The fraction of sp³-hybridized carbons (Fsp3) is 0.412. The minimum atomic E-state index is 0.00145. The highest BCUT2D eigenvalue weighted by Crippen LogP contribution is 2.32. The average Bonchev–Trinajstić information content (AvgIpc) is 3.10. The Morgan fingerprint density at radius 1 is 1.39 bits per heavy atom. The third-order valence-corrected chi connectivity index (χ3v) is 5.33. The van der Waals surface area contributed by atoms with Crippen molar-refractivity contribution in [3.05, 3.63) is 45.9 Å². The Morgan fingerprint density at radius 2 is 2.26 bits per heavy atom. The summed E-state index contributed by atoms with van der Waals surface area (Å²) in [6.45, 7) is 1.78. The number of nitrogens with zero attached hydrogens (tertiary/aromatic N) is 2. The van der Waals surface area contributed by atoms with Crippen molar-refractivity contribution < 1.29 is 4.79 Å². The molecule has 1 N–H and O–H groups in total. The molecule has 122 valence electrons. The van der Waals surface area contributed by atoms with Crippen molar-refractivity contribution >= 4 is 34.5 Å². The normalized spacial score (nSPS) is 18.7. The molecule has 1 aromatic carbocycles. The van der Waals surface area contributed by atoms with Gasteiger partial charge in [-0.05, 0) is 31.5 Å². The van der Waals surface area contributed by atoms with Gasteiger partial charge in [-0.25, -0.2) is 4.98 Å². The van der Waals surface area contributed by atoms with Gasteiger partial charge < -0.3 is 5.32 Å². The lowest BCUT2D eigenvalue weighted by atomic mass is 10.0. The Morgan fingerprint density at radius 3 is 3.04 bits per heavy atom. The summed E-state index contributed by atoms with van der Waals surface area (Å²) in [6.07, 6.45) is 5.87. The summed E-state index contributed by atoms with van der Waals surface area (Å²) >= 11 is 7.78. The Bertz CT molecular complexity index is 647. The molecule has 0 spiro atoms. The van der Waals surface area contributed by atoms with Crippen LogP contribution in [0.5, 0.6) is 0 Å². The number of hydrogen-bond acceptors (Lipinski definition) is 4. The molecule has 1 atom stereocenters. The third kappa shape index (κ3) is 4.31. The van der Waals surface area contributed by atoms with Crippen molar-refractivity contribution in [1.82, 2.24) is 9.88 Å². The molecule has 0 unspecified atom stereocenters. The van der Waals surface area contributed by atoms with E-state index >= 15 is 0 Å². The van der Waals surface area contributed by atoms with Gasteiger partial charge in [0.25, 0.3) is 0 Å². The second kappa shape index (κ2) is 7.90. The lowest BCUT2D eigenvalue weighted by Crippen LogP contribution is -2.35. The summed E-state index contributed by atoms with van der Waals surface area (Å²) < 4.78 is 0. The van der Waals surface area contributed by atoms with Crippen LogP contribution in [0.3, 0.4) is 0 Å². The van der Waals surface area contributed by atoms with Crippen LogP contribution < -0.4 is 5.32 Å². The molecule has 1 saturated heterocycles. The van der Waals surface area contributed by atoms with Crippen molar-refractivity contribution in [1.29, 1.82) is 0 Å². The second-order valence-corrected chi connectivity index (χ2v) is 7.03. The maximum absolute atomic E-state index is 12.2. The van der Waals surface area contributed by atoms with Gasteiger partial charge >= 0.3 is 0 Å². The Hall–Kier alpha value is -1.43. The second-order valence-electron chi connectivity index (χ2n) is 5.70. The minimum absolute atomic E-state index is 0.00145. The number of thiazole rings is 1. The number of para-hydroxylation sites is 1. The van der Waals surface area contributed by atoms with E-state index in [-0.39, 0.29) is 5.91 Å². The van der Waals surface area contributed by atoms with Crippen LogP contribution in [0, 0.1) is 0 Å². The molecule has 1 aliphatic heterocycles. The molecule has 1 fully saturated rings. The monoisotopic (exact) mass is 349 g/mol. The number of carbonyl (C=O) groups excluding carboxylic acids is 1. The van der Waals surface area contributed by atoms with E-state index in [1.54, 1.807) is 17.4 Å². The first-order valence-corrected chi connectivity index (χ1v) is 9.17. The largest absolute Gasteiger partial charge is 0.325 e. The number of nitrogens with one attached hydrogen (secondary N) is 1. The maximum Gasteiger partial charge on any atom is 0.225 e. The molecule has 0 radical (unpaired) electrons. The first-order chi connectivity index (χ1) is 11.2. The molecule has 4 nitrogen and oxygen atoms in total. The molecule has 1 aliphatic rings. The van der Waals surface area contributed by atoms with Crippen LogP contribution in [0.25, 0.3) is 0 Å². The molecular formula is C17H20ClN3OS. The van der Waals surface area contributed by atoms with Gasteiger partial charge in [0, 0.05) is 24.5 Å². The van der Waals surface area contributed by atoms with Gasteiger partial charge in [0.15, 0.2) is 0 Å². The predicted molar refractivity (Wildman–Crippen MR) is 95.0 cm³/mol. The molecule has 2 heterocycles. The molecular weight excluding hydrogens is 330 g/mol. The number of carbonyl (C=O) groups is 1. The zero-order valence-corrected chi connectivity index (χ0v) is 14.4. The van der Waals surface area contributed by atoms with Crippen molar-refractivity contribution in [3.63, 3.8) is 0 Å². The van der Waals surface area contributed by atoms with Gasteiger partial charge in [-0.2, -0.15) is 0 Å². The molecule has 1 amide bonds. The van der Waals surface area contributed by atoms with Crippen LogP contribution in [0.4, 0.5) is 5.69 Å². The Kier molecular flexibility index (Phi) is 5.65. The summed E-state index contributed by atoms with van der Waals surface area (Å²) in [5, 5.41) is 6.64. The summed E-state index contributed by atoms with van der Waals surface area (Å²) in [7, 11) is 0. The average molecular weight is 350 g/mol. The van der Waals surface area contributed by atoms with E-state index in [4.69, 9.17) is 11.6 Å². The number of rotatable bonds is 5. The third-order valence-electron chi connectivity index (χ3n) is 4.12. The molecule has 0 aliphatic carbocycles. The number of halogens is 1. The SMILES string of the molecule is O=C(CCN1CCCC[C@H]1c1nccs1)Nc1ccccc1Cl. The zero-order valence-electron chi connectivity index (χ0n) is 12.9. The molecule has 0 saturated carbocycles. The molecule has 0 bridgehead atoms. The van der Waals surface area contributed by atoms with Crippen LogP contribution in [-0.4, -0.2) is 28.9 Å². The highest BCUT2D eigenvalue weighted by Gasteiger charge is 2.25. The van der Waals surface area contributed by atoms with Crippen LogP contribution >= 0.6 is 22.9 Å². The fourth-order valence-electron chi connectivity index (χ4n) is 2.96. The number of likely N-dealkylation sites (tertiary alicyclic amines) is 1. The smallest absolute Gasteiger partial charge is 0.225 e.